The van der Waals surface area contributed by atoms with Crippen molar-refractivity contribution in [3.8, 4) is 45.4 Å². The molecule has 0 radical (unpaired) electrons. The third-order valence-corrected chi connectivity index (χ3v) is 9.66. The molecule has 2 atom stereocenters. The van der Waals surface area contributed by atoms with Crippen LogP contribution in [0.2, 0.25) is 0 Å². The maximum Gasteiger partial charge on any atom is 0.270 e. The van der Waals surface area contributed by atoms with Crippen LogP contribution in [0.1, 0.15) is 44.1 Å². The number of aromatic hydroxyl groups is 1. The summed E-state index contributed by atoms with van der Waals surface area (Å²) in [5.41, 5.74) is 2.87. The summed E-state index contributed by atoms with van der Waals surface area (Å²) >= 11 is 0. The lowest BCUT2D eigenvalue weighted by atomic mass is 10.00. The number of anilines is 2. The summed E-state index contributed by atoms with van der Waals surface area (Å²) in [5.74, 6) is -1.19. The van der Waals surface area contributed by atoms with Gasteiger partial charge in [-0.05, 0) is 54.4 Å². The Morgan fingerprint density at radius 3 is 2.08 bits per heavy atom. The minimum atomic E-state index is -4.41. The van der Waals surface area contributed by atoms with Crippen molar-refractivity contribution in [2.45, 2.75) is 37.9 Å². The van der Waals surface area contributed by atoms with Gasteiger partial charge in [-0.3, -0.25) is 9.59 Å². The van der Waals surface area contributed by atoms with Crippen molar-refractivity contribution in [2.24, 2.45) is 0 Å². The third kappa shape index (κ3) is 6.64. The second kappa shape index (κ2) is 13.2. The number of phenols is 1. The number of hydrogen-bond donors (Lipinski definition) is 4. The summed E-state index contributed by atoms with van der Waals surface area (Å²) in [4.78, 5) is 29.2. The Morgan fingerprint density at radius 2 is 1.55 bits per heavy atom. The zero-order valence-electron chi connectivity index (χ0n) is 27.1. The Hall–Kier alpha value is -5.50. The molecule has 2 amide bonds. The van der Waals surface area contributed by atoms with Gasteiger partial charge in [0.25, 0.3) is 10.0 Å². The molecule has 4 aromatic carbocycles. The first-order valence-corrected chi connectivity index (χ1v) is 16.8. The molecule has 0 saturated carbocycles. The summed E-state index contributed by atoms with van der Waals surface area (Å²) in [5, 5.41) is 26.4. The predicted molar refractivity (Wildman–Crippen MR) is 184 cm³/mol. The van der Waals surface area contributed by atoms with Crippen LogP contribution < -0.4 is 15.4 Å². The van der Waals surface area contributed by atoms with Crippen molar-refractivity contribution in [3.05, 3.63) is 96.1 Å². The van der Waals surface area contributed by atoms with Gasteiger partial charge in [-0.15, -0.1) is 0 Å². The smallest absolute Gasteiger partial charge is 0.270 e. The number of aliphatic hydroxyl groups excluding tert-OH is 1. The van der Waals surface area contributed by atoms with Crippen molar-refractivity contribution in [2.75, 3.05) is 24.4 Å². The SMILES string of the molecule is COc1cc(C(C)O)ccc1-c1nc(-c2cc(NC(C)=O)c(O)c(NC(C)=O)c2)n(S(=O)(=O)c2ccccc2)c1-c1ccc(C2CO2)cc1. The quantitative estimate of drug-likeness (QED) is 0.104. The Kier molecular flexibility index (Phi) is 8.99. The molecule has 1 aliphatic rings. The molecular weight excluding hydrogens is 648 g/mol. The molecule has 6 rings (SSSR count). The molecule has 1 saturated heterocycles. The second-order valence-corrected chi connectivity index (χ2v) is 13.4. The summed E-state index contributed by atoms with van der Waals surface area (Å²) < 4.78 is 41.9. The van der Waals surface area contributed by atoms with E-state index >= 15 is 0 Å². The number of methoxy groups -OCH3 is 1. The lowest BCUT2D eigenvalue weighted by Crippen LogP contribution is -2.16. The number of aliphatic hydroxyl groups is 1. The van der Waals surface area contributed by atoms with E-state index in [1.807, 2.05) is 12.1 Å². The Bertz CT molecular complexity index is 2140. The summed E-state index contributed by atoms with van der Waals surface area (Å²) in [7, 11) is -2.94. The fraction of sp³-hybridized carbons (Fsp3) is 0.194. The summed E-state index contributed by atoms with van der Waals surface area (Å²) in [6, 6.07) is 23.0. The first kappa shape index (κ1) is 33.4. The molecule has 252 valence electrons. The topological polar surface area (TPSA) is 172 Å². The zero-order valence-corrected chi connectivity index (χ0v) is 27.9. The number of amides is 2. The van der Waals surface area contributed by atoms with E-state index < -0.39 is 33.7 Å². The Balaban J connectivity index is 1.74. The number of carbonyl (C=O) groups excluding carboxylic acids is 2. The first-order chi connectivity index (χ1) is 23.4. The van der Waals surface area contributed by atoms with E-state index in [0.29, 0.717) is 29.0 Å². The average Bonchev–Trinajstić information content (AvgIpc) is 3.85. The van der Waals surface area contributed by atoms with Crippen molar-refractivity contribution in [1.82, 2.24) is 8.96 Å². The number of ether oxygens (including phenoxy) is 2. The first-order valence-electron chi connectivity index (χ1n) is 15.3. The number of epoxide rings is 1. The lowest BCUT2D eigenvalue weighted by Gasteiger charge is -2.17. The number of nitrogens with zero attached hydrogens (tertiary/aromatic N) is 2. The molecule has 4 N–H and O–H groups in total. The monoisotopic (exact) mass is 682 g/mol. The maximum atomic E-state index is 14.8. The van der Waals surface area contributed by atoms with Crippen LogP contribution in [0.25, 0.3) is 33.9 Å². The largest absolute Gasteiger partial charge is 0.504 e. The van der Waals surface area contributed by atoms with Crippen LogP contribution in [-0.2, 0) is 24.3 Å². The molecule has 5 aromatic rings. The van der Waals surface area contributed by atoms with Crippen LogP contribution >= 0.6 is 0 Å². The molecule has 49 heavy (non-hydrogen) atoms. The predicted octanol–water partition coefficient (Wildman–Crippen LogP) is 5.88. The normalized spacial score (nSPS) is 14.6. The van der Waals surface area contributed by atoms with Gasteiger partial charge in [-0.2, -0.15) is 0 Å². The van der Waals surface area contributed by atoms with E-state index in [9.17, 15) is 28.2 Å². The van der Waals surface area contributed by atoms with Gasteiger partial charge in [0.05, 0.1) is 41.8 Å². The average molecular weight is 683 g/mol. The maximum absolute atomic E-state index is 14.8. The summed E-state index contributed by atoms with van der Waals surface area (Å²) in [6.07, 6.45) is -0.839. The number of nitrogens with one attached hydrogen (secondary N) is 2. The van der Waals surface area contributed by atoms with Gasteiger partial charge in [0, 0.05) is 30.5 Å². The standard InChI is InChI=1S/C36H34N4O8S/c1-20(41)25-14-15-28(31(18-25)47-4)33-34(24-12-10-23(11-13-24)32-19-48-32)40(49(45,46)27-8-6-5-7-9-27)36(39-33)26-16-29(37-21(2)42)35(44)30(17-26)38-22(3)43/h5-18,20,32,41,44H,19H2,1-4H3,(H,37,42)(H,38,43). The summed E-state index contributed by atoms with van der Waals surface area (Å²) in [6.45, 7) is 4.71. The fourth-order valence-electron chi connectivity index (χ4n) is 5.55. The minimum absolute atomic E-state index is 0.0242. The number of imidazole rings is 1. The molecule has 2 heterocycles. The van der Waals surface area contributed by atoms with Crippen molar-refractivity contribution >= 4 is 33.2 Å². The number of aromatic nitrogens is 2. The van der Waals surface area contributed by atoms with Crippen molar-refractivity contribution in [3.63, 3.8) is 0 Å². The highest BCUT2D eigenvalue weighted by Crippen LogP contribution is 2.45. The van der Waals surface area contributed by atoms with Crippen LogP contribution in [0.4, 0.5) is 11.4 Å². The van der Waals surface area contributed by atoms with Gasteiger partial charge in [-0.1, -0.05) is 48.5 Å². The van der Waals surface area contributed by atoms with E-state index in [0.717, 1.165) is 9.54 Å². The lowest BCUT2D eigenvalue weighted by molar-refractivity contribution is -0.115. The molecule has 0 spiro atoms. The van der Waals surface area contributed by atoms with Crippen LogP contribution in [0.3, 0.4) is 0 Å². The molecular formula is C36H34N4O8S. The van der Waals surface area contributed by atoms with E-state index in [1.165, 1.54) is 45.2 Å². The van der Waals surface area contributed by atoms with Crippen LogP contribution in [0, 0.1) is 0 Å². The number of rotatable bonds is 10. The number of carbonyl (C=O) groups is 2. The highest BCUT2D eigenvalue weighted by atomic mass is 32.2. The van der Waals surface area contributed by atoms with Crippen molar-refractivity contribution < 1.29 is 37.7 Å². The number of phenolic OH excluding ortho intramolecular Hbond substituents is 1. The number of hydrogen-bond acceptors (Lipinski definition) is 9. The second-order valence-electron chi connectivity index (χ2n) is 11.6. The molecule has 1 aliphatic heterocycles. The van der Waals surface area contributed by atoms with Gasteiger partial charge in [0.15, 0.2) is 11.6 Å². The van der Waals surface area contributed by atoms with Crippen molar-refractivity contribution in [1.29, 1.82) is 0 Å². The molecule has 12 nitrogen and oxygen atoms in total. The minimum Gasteiger partial charge on any atom is -0.504 e. The van der Waals surface area contributed by atoms with Gasteiger partial charge < -0.3 is 30.3 Å². The van der Waals surface area contributed by atoms with Gasteiger partial charge >= 0.3 is 0 Å². The molecule has 1 fully saturated rings. The highest BCUT2D eigenvalue weighted by Gasteiger charge is 2.33. The molecule has 13 heteroatoms. The Morgan fingerprint density at radius 1 is 0.939 bits per heavy atom. The Labute approximate surface area is 283 Å². The van der Waals surface area contributed by atoms with Crippen LogP contribution in [0.15, 0.2) is 89.8 Å². The molecule has 0 bridgehead atoms. The van der Waals surface area contributed by atoms with E-state index in [4.69, 9.17) is 14.5 Å². The van der Waals surface area contributed by atoms with E-state index in [2.05, 4.69) is 10.6 Å². The van der Waals surface area contributed by atoms with Crippen LogP contribution in [0.5, 0.6) is 11.5 Å². The van der Waals surface area contributed by atoms with Gasteiger partial charge in [0.2, 0.25) is 11.8 Å². The zero-order chi connectivity index (χ0) is 35.0. The molecule has 0 aliphatic carbocycles. The highest BCUT2D eigenvalue weighted by molar-refractivity contribution is 7.90. The fourth-order valence-corrected chi connectivity index (χ4v) is 7.07. The van der Waals surface area contributed by atoms with E-state index in [1.54, 1.807) is 55.5 Å². The van der Waals surface area contributed by atoms with Gasteiger partial charge in [-0.25, -0.2) is 17.4 Å². The molecule has 1 aromatic heterocycles. The number of benzene rings is 4. The van der Waals surface area contributed by atoms with E-state index in [-0.39, 0.29) is 45.1 Å². The third-order valence-electron chi connectivity index (χ3n) is 7.96. The van der Waals surface area contributed by atoms with Crippen LogP contribution in [-0.4, -0.2) is 53.1 Å². The molecule has 2 unspecified atom stereocenters. The van der Waals surface area contributed by atoms with Gasteiger partial charge in [0.1, 0.15) is 17.5 Å².